The molecule has 0 aromatic rings. The number of halogens is 1. The Balaban J connectivity index is 0. The first-order valence-corrected chi connectivity index (χ1v) is 15.6. The Labute approximate surface area is 222 Å². The molecule has 0 aromatic heterocycles. The van der Waals surface area contributed by atoms with Gasteiger partial charge in [0.15, 0.2) is 0 Å². The molecule has 0 saturated carbocycles. The van der Waals surface area contributed by atoms with Crippen molar-refractivity contribution in [2.24, 2.45) is 0 Å². The molecule has 0 aromatic carbocycles. The summed E-state index contributed by atoms with van der Waals surface area (Å²) in [5.74, 6) is 0. The Morgan fingerprint density at radius 3 is 0.667 bits per heavy atom. The van der Waals surface area contributed by atoms with Gasteiger partial charge in [-0.05, 0) is 51.4 Å². The number of unbranched alkanes of at least 4 members (excludes halogenated alkanes) is 19. The molecule has 0 amide bonds. The first-order valence-electron chi connectivity index (χ1n) is 15.6. The monoisotopic (exact) mass is 531 g/mol. The fourth-order valence-electron chi connectivity index (χ4n) is 5.40. The number of rotatable bonds is 27. The Bertz CT molecular complexity index is 303. The maximum absolute atomic E-state index is 2.34. The minimum atomic E-state index is 0. The molecule has 0 saturated heterocycles. The molecular weight excluding hydrogens is 466 g/mol. The van der Waals surface area contributed by atoms with Crippen LogP contribution in [0.2, 0.25) is 0 Å². The van der Waals surface area contributed by atoms with E-state index in [1.54, 1.807) is 0 Å². The summed E-state index contributed by atoms with van der Waals surface area (Å²) in [5, 5.41) is 0. The number of hydrogen-bond acceptors (Lipinski definition) is 0. The zero-order valence-electron chi connectivity index (χ0n) is 23.9. The first-order chi connectivity index (χ1) is 15.7. The molecule has 2 heteroatoms. The lowest BCUT2D eigenvalue weighted by atomic mass is 10.0. The lowest BCUT2D eigenvalue weighted by Gasteiger charge is -2.40. The van der Waals surface area contributed by atoms with Crippen LogP contribution >= 0.6 is 0 Å². The third-order valence-electron chi connectivity index (χ3n) is 7.69. The zero-order chi connectivity index (χ0) is 23.6. The highest BCUT2D eigenvalue weighted by Crippen LogP contribution is 2.20. The van der Waals surface area contributed by atoms with E-state index in [4.69, 9.17) is 0 Å². The van der Waals surface area contributed by atoms with Crippen LogP contribution in [0.15, 0.2) is 0 Å². The highest BCUT2D eigenvalue weighted by molar-refractivity contribution is 4.55. The summed E-state index contributed by atoms with van der Waals surface area (Å²) in [6, 6.07) is 0. The van der Waals surface area contributed by atoms with Crippen molar-refractivity contribution in [3.8, 4) is 0 Å². The lowest BCUT2D eigenvalue weighted by Crippen LogP contribution is -3.00. The van der Waals surface area contributed by atoms with Crippen molar-refractivity contribution in [2.75, 3.05) is 26.2 Å². The van der Waals surface area contributed by atoms with E-state index in [0.29, 0.717) is 0 Å². The molecular formula is C31H66BrN. The summed E-state index contributed by atoms with van der Waals surface area (Å²) in [5.41, 5.74) is 0. The van der Waals surface area contributed by atoms with E-state index < -0.39 is 0 Å². The van der Waals surface area contributed by atoms with Crippen molar-refractivity contribution in [1.29, 1.82) is 0 Å². The first kappa shape index (κ1) is 35.6. The van der Waals surface area contributed by atoms with Gasteiger partial charge in [0.05, 0.1) is 26.2 Å². The van der Waals surface area contributed by atoms with Crippen molar-refractivity contribution in [3.05, 3.63) is 0 Å². The highest BCUT2D eigenvalue weighted by atomic mass is 79.9. The van der Waals surface area contributed by atoms with E-state index in [-0.39, 0.29) is 17.0 Å². The van der Waals surface area contributed by atoms with Gasteiger partial charge in [0.25, 0.3) is 0 Å². The Morgan fingerprint density at radius 2 is 0.455 bits per heavy atom. The van der Waals surface area contributed by atoms with Crippen LogP contribution in [0.5, 0.6) is 0 Å². The van der Waals surface area contributed by atoms with Crippen LogP contribution < -0.4 is 17.0 Å². The number of hydrogen-bond donors (Lipinski definition) is 0. The van der Waals surface area contributed by atoms with Crippen LogP contribution in [-0.4, -0.2) is 30.7 Å². The molecule has 0 N–H and O–H groups in total. The van der Waals surface area contributed by atoms with Crippen molar-refractivity contribution in [3.63, 3.8) is 0 Å². The molecule has 0 aliphatic carbocycles. The fraction of sp³-hybridized carbons (Fsp3) is 1.00. The maximum Gasteiger partial charge on any atom is 0.0786 e. The third-order valence-corrected chi connectivity index (χ3v) is 7.69. The van der Waals surface area contributed by atoms with E-state index in [2.05, 4.69) is 27.7 Å². The fourth-order valence-corrected chi connectivity index (χ4v) is 5.40. The predicted molar refractivity (Wildman–Crippen MR) is 149 cm³/mol. The van der Waals surface area contributed by atoms with Crippen LogP contribution in [0.4, 0.5) is 0 Å². The van der Waals surface area contributed by atoms with Gasteiger partial charge in [0.1, 0.15) is 0 Å². The third kappa shape index (κ3) is 23.9. The summed E-state index contributed by atoms with van der Waals surface area (Å²) in [6.45, 7) is 15.3. The minimum absolute atomic E-state index is 0. The lowest BCUT2D eigenvalue weighted by molar-refractivity contribution is -0.929. The largest absolute Gasteiger partial charge is 1.00 e. The molecule has 0 spiro atoms. The molecule has 202 valence electrons. The molecule has 0 heterocycles. The molecule has 0 aliphatic rings. The van der Waals surface area contributed by atoms with Gasteiger partial charge in [-0.3, -0.25) is 0 Å². The van der Waals surface area contributed by atoms with Crippen LogP contribution in [0.25, 0.3) is 0 Å². The summed E-state index contributed by atoms with van der Waals surface area (Å²) >= 11 is 0. The smallest absolute Gasteiger partial charge is 0.0786 e. The van der Waals surface area contributed by atoms with Crippen LogP contribution in [0.1, 0.15) is 175 Å². The van der Waals surface area contributed by atoms with Crippen LogP contribution in [0, 0.1) is 0 Å². The normalized spacial score (nSPS) is 11.6. The zero-order valence-corrected chi connectivity index (χ0v) is 25.5. The van der Waals surface area contributed by atoms with Gasteiger partial charge >= 0.3 is 0 Å². The highest BCUT2D eigenvalue weighted by Gasteiger charge is 2.25. The number of nitrogens with zero attached hydrogens (tertiary/aromatic N) is 1. The molecule has 0 aliphatic heterocycles. The van der Waals surface area contributed by atoms with Crippen LogP contribution in [-0.2, 0) is 0 Å². The second-order valence-electron chi connectivity index (χ2n) is 11.0. The second kappa shape index (κ2) is 28.7. The average molecular weight is 533 g/mol. The summed E-state index contributed by atoms with van der Waals surface area (Å²) in [7, 11) is 0. The second-order valence-corrected chi connectivity index (χ2v) is 11.0. The molecule has 0 atom stereocenters. The van der Waals surface area contributed by atoms with E-state index in [1.165, 1.54) is 178 Å². The molecule has 33 heavy (non-hydrogen) atoms. The van der Waals surface area contributed by atoms with E-state index in [0.717, 1.165) is 0 Å². The van der Waals surface area contributed by atoms with Gasteiger partial charge in [-0.1, -0.05) is 124 Å². The molecule has 0 bridgehead atoms. The maximum atomic E-state index is 2.34. The Morgan fingerprint density at radius 1 is 0.273 bits per heavy atom. The molecule has 1 nitrogen and oxygen atoms in total. The van der Waals surface area contributed by atoms with E-state index in [9.17, 15) is 0 Å². The average Bonchev–Trinajstić information content (AvgIpc) is 2.80. The van der Waals surface area contributed by atoms with Gasteiger partial charge in [0, 0.05) is 0 Å². The number of quaternary nitrogens is 1. The summed E-state index contributed by atoms with van der Waals surface area (Å²) in [4.78, 5) is 0. The van der Waals surface area contributed by atoms with Gasteiger partial charge in [0.2, 0.25) is 0 Å². The standard InChI is InChI=1S/C31H66N.BrH/c1-5-9-13-17-21-25-29-32(28-24-20-16-12-8-4,30-26-22-18-14-10-6-2)31-27-23-19-15-11-7-3;/h5-31H2,1-4H3;1H/q+1;/p-1. The van der Waals surface area contributed by atoms with Crippen LogP contribution in [0.3, 0.4) is 0 Å². The van der Waals surface area contributed by atoms with Gasteiger partial charge in [-0.2, -0.15) is 0 Å². The van der Waals surface area contributed by atoms with Gasteiger partial charge in [-0.25, -0.2) is 0 Å². The van der Waals surface area contributed by atoms with Gasteiger partial charge in [-0.15, -0.1) is 0 Å². The minimum Gasteiger partial charge on any atom is -1.00 e. The van der Waals surface area contributed by atoms with Crippen molar-refractivity contribution < 1.29 is 21.5 Å². The summed E-state index contributed by atoms with van der Waals surface area (Å²) < 4.78 is 1.47. The van der Waals surface area contributed by atoms with Crippen molar-refractivity contribution >= 4 is 0 Å². The molecule has 0 rings (SSSR count). The summed E-state index contributed by atoms with van der Waals surface area (Å²) in [6.07, 6.45) is 33.3. The SMILES string of the molecule is CCCCCCCC[N+](CCCCCCC)(CCCCCCCC)CCCCCCCC.[Br-]. The molecule has 0 unspecified atom stereocenters. The Hall–Kier alpha value is 0.440. The predicted octanol–water partition coefficient (Wildman–Crippen LogP) is 7.86. The van der Waals surface area contributed by atoms with Crippen molar-refractivity contribution in [2.45, 2.75) is 175 Å². The Kier molecular flexibility index (Phi) is 30.9. The van der Waals surface area contributed by atoms with Crippen molar-refractivity contribution in [1.82, 2.24) is 0 Å². The van der Waals surface area contributed by atoms with E-state index >= 15 is 0 Å². The van der Waals surface area contributed by atoms with E-state index in [1.807, 2.05) is 0 Å². The van der Waals surface area contributed by atoms with Gasteiger partial charge < -0.3 is 21.5 Å². The molecule has 0 radical (unpaired) electrons. The topological polar surface area (TPSA) is 0 Å². The quantitative estimate of drug-likeness (QED) is 0.0746. The molecule has 0 fully saturated rings.